The molecule has 0 spiro atoms. The SMILES string of the molecule is CC(C(=O)O)c1c(F)cc2ncccc2c1F. The van der Waals surface area contributed by atoms with E-state index in [0.29, 0.717) is 0 Å². The standard InChI is InChI=1S/C12H9F2NO2/c1-6(12(16)17)10-8(13)5-9-7(11(10)14)3-2-4-15-9/h2-6H,1H3,(H,16,17). The fourth-order valence-electron chi connectivity index (χ4n) is 1.69. The van der Waals surface area contributed by atoms with Crippen molar-refractivity contribution in [2.45, 2.75) is 12.8 Å². The smallest absolute Gasteiger partial charge is 0.310 e. The van der Waals surface area contributed by atoms with Gasteiger partial charge < -0.3 is 5.11 Å². The summed E-state index contributed by atoms with van der Waals surface area (Å²) in [5, 5.41) is 8.93. The summed E-state index contributed by atoms with van der Waals surface area (Å²) in [5.41, 5.74) is -0.262. The van der Waals surface area contributed by atoms with Crippen LogP contribution in [0.1, 0.15) is 18.4 Å². The second-order valence-electron chi connectivity index (χ2n) is 3.72. The molecule has 1 aromatic carbocycles. The van der Waals surface area contributed by atoms with E-state index in [9.17, 15) is 13.6 Å². The van der Waals surface area contributed by atoms with Crippen LogP contribution in [0.2, 0.25) is 0 Å². The molecular formula is C12H9F2NO2. The third kappa shape index (κ3) is 1.84. The van der Waals surface area contributed by atoms with Crippen LogP contribution in [0.3, 0.4) is 0 Å². The van der Waals surface area contributed by atoms with Crippen molar-refractivity contribution in [3.63, 3.8) is 0 Å². The fraction of sp³-hybridized carbons (Fsp3) is 0.167. The van der Waals surface area contributed by atoms with Gasteiger partial charge in [-0.15, -0.1) is 0 Å². The maximum Gasteiger partial charge on any atom is 0.310 e. The first-order valence-corrected chi connectivity index (χ1v) is 4.97. The highest BCUT2D eigenvalue weighted by molar-refractivity contribution is 5.83. The fourth-order valence-corrected chi connectivity index (χ4v) is 1.69. The largest absolute Gasteiger partial charge is 0.481 e. The van der Waals surface area contributed by atoms with Gasteiger partial charge in [0, 0.05) is 23.2 Å². The number of nitrogens with zero attached hydrogens (tertiary/aromatic N) is 1. The predicted octanol–water partition coefficient (Wildman–Crippen LogP) is 2.70. The van der Waals surface area contributed by atoms with Crippen LogP contribution in [0, 0.1) is 11.6 Å². The molecule has 0 saturated carbocycles. The summed E-state index contributed by atoms with van der Waals surface area (Å²) in [4.78, 5) is 14.6. The minimum absolute atomic E-state index is 0.122. The summed E-state index contributed by atoms with van der Waals surface area (Å²) < 4.78 is 27.6. The van der Waals surface area contributed by atoms with E-state index < -0.39 is 29.1 Å². The lowest BCUT2D eigenvalue weighted by molar-refractivity contribution is -0.138. The van der Waals surface area contributed by atoms with Crippen LogP contribution in [0.25, 0.3) is 10.9 Å². The average Bonchev–Trinajstić information content (AvgIpc) is 2.28. The molecule has 1 heterocycles. The Bertz CT molecular complexity index is 598. The van der Waals surface area contributed by atoms with Gasteiger partial charge >= 0.3 is 5.97 Å². The number of carbonyl (C=O) groups is 1. The first-order chi connectivity index (χ1) is 8.02. The van der Waals surface area contributed by atoms with E-state index in [1.807, 2.05) is 0 Å². The number of hydrogen-bond donors (Lipinski definition) is 1. The van der Waals surface area contributed by atoms with Gasteiger partial charge in [0.1, 0.15) is 11.6 Å². The molecule has 1 aromatic heterocycles. The number of carboxylic acids is 1. The number of carboxylic acid groups (broad SMARTS) is 1. The summed E-state index contributed by atoms with van der Waals surface area (Å²) in [6.45, 7) is 1.24. The van der Waals surface area contributed by atoms with Crippen LogP contribution in [-0.2, 0) is 4.79 Å². The molecule has 17 heavy (non-hydrogen) atoms. The monoisotopic (exact) mass is 237 g/mol. The lowest BCUT2D eigenvalue weighted by Gasteiger charge is -2.11. The molecule has 1 atom stereocenters. The number of aliphatic carboxylic acids is 1. The maximum absolute atomic E-state index is 14.0. The van der Waals surface area contributed by atoms with Crippen LogP contribution < -0.4 is 0 Å². The molecule has 1 N–H and O–H groups in total. The Balaban J connectivity index is 2.76. The Hall–Kier alpha value is -2.04. The van der Waals surface area contributed by atoms with Crippen molar-refractivity contribution in [2.75, 3.05) is 0 Å². The molecule has 2 aromatic rings. The summed E-state index contributed by atoms with van der Waals surface area (Å²) >= 11 is 0. The molecule has 2 rings (SSSR count). The molecule has 0 bridgehead atoms. The summed E-state index contributed by atoms with van der Waals surface area (Å²) in [6, 6.07) is 4.00. The van der Waals surface area contributed by atoms with Gasteiger partial charge in [0.25, 0.3) is 0 Å². The average molecular weight is 237 g/mol. The third-order valence-electron chi connectivity index (χ3n) is 2.64. The van der Waals surface area contributed by atoms with Crippen molar-refractivity contribution < 1.29 is 18.7 Å². The summed E-state index contributed by atoms with van der Waals surface area (Å²) in [7, 11) is 0. The van der Waals surface area contributed by atoms with E-state index in [-0.39, 0.29) is 10.9 Å². The number of hydrogen-bond acceptors (Lipinski definition) is 2. The van der Waals surface area contributed by atoms with Crippen molar-refractivity contribution in [1.82, 2.24) is 4.98 Å². The lowest BCUT2D eigenvalue weighted by atomic mass is 9.98. The number of halogens is 2. The molecule has 0 aliphatic rings. The molecule has 3 nitrogen and oxygen atoms in total. The molecule has 0 saturated heterocycles. The van der Waals surface area contributed by atoms with Gasteiger partial charge in [0.15, 0.2) is 0 Å². The highest BCUT2D eigenvalue weighted by atomic mass is 19.1. The van der Waals surface area contributed by atoms with Gasteiger partial charge in [0.2, 0.25) is 0 Å². The van der Waals surface area contributed by atoms with E-state index in [1.165, 1.54) is 25.3 Å². The number of rotatable bonds is 2. The summed E-state index contributed by atoms with van der Waals surface area (Å²) in [5.74, 6) is -4.25. The Morgan fingerprint density at radius 2 is 2.18 bits per heavy atom. The minimum atomic E-state index is -1.27. The van der Waals surface area contributed by atoms with Gasteiger partial charge in [-0.3, -0.25) is 9.78 Å². The predicted molar refractivity (Wildman–Crippen MR) is 57.7 cm³/mol. The Morgan fingerprint density at radius 1 is 1.47 bits per heavy atom. The zero-order chi connectivity index (χ0) is 12.6. The van der Waals surface area contributed by atoms with Gasteiger partial charge in [-0.05, 0) is 19.1 Å². The molecule has 0 radical (unpaired) electrons. The van der Waals surface area contributed by atoms with E-state index in [1.54, 1.807) is 0 Å². The van der Waals surface area contributed by atoms with Crippen molar-refractivity contribution in [1.29, 1.82) is 0 Å². The van der Waals surface area contributed by atoms with Gasteiger partial charge in [-0.1, -0.05) is 0 Å². The summed E-state index contributed by atoms with van der Waals surface area (Å²) in [6.07, 6.45) is 1.42. The third-order valence-corrected chi connectivity index (χ3v) is 2.64. The molecule has 5 heteroatoms. The topological polar surface area (TPSA) is 50.2 Å². The van der Waals surface area contributed by atoms with Crippen molar-refractivity contribution >= 4 is 16.9 Å². The molecule has 0 fully saturated rings. The van der Waals surface area contributed by atoms with E-state index in [4.69, 9.17) is 5.11 Å². The zero-order valence-corrected chi connectivity index (χ0v) is 8.95. The molecular weight excluding hydrogens is 228 g/mol. The minimum Gasteiger partial charge on any atom is -0.481 e. The quantitative estimate of drug-likeness (QED) is 0.873. The highest BCUT2D eigenvalue weighted by Gasteiger charge is 2.24. The molecule has 1 unspecified atom stereocenters. The molecule has 88 valence electrons. The second-order valence-corrected chi connectivity index (χ2v) is 3.72. The van der Waals surface area contributed by atoms with Gasteiger partial charge in [-0.2, -0.15) is 0 Å². The lowest BCUT2D eigenvalue weighted by Crippen LogP contribution is -2.12. The first-order valence-electron chi connectivity index (χ1n) is 4.97. The second kappa shape index (κ2) is 4.08. The van der Waals surface area contributed by atoms with E-state index in [0.717, 1.165) is 6.07 Å². The highest BCUT2D eigenvalue weighted by Crippen LogP contribution is 2.28. The molecule has 0 amide bonds. The number of pyridine rings is 1. The number of aromatic nitrogens is 1. The zero-order valence-electron chi connectivity index (χ0n) is 8.95. The van der Waals surface area contributed by atoms with Crippen LogP contribution in [0.4, 0.5) is 8.78 Å². The number of benzene rings is 1. The van der Waals surface area contributed by atoms with Gasteiger partial charge in [-0.25, -0.2) is 8.78 Å². The van der Waals surface area contributed by atoms with Crippen molar-refractivity contribution in [3.05, 3.63) is 41.6 Å². The Kier molecular flexibility index (Phi) is 2.75. The van der Waals surface area contributed by atoms with Crippen LogP contribution in [-0.4, -0.2) is 16.1 Å². The normalized spacial score (nSPS) is 12.6. The van der Waals surface area contributed by atoms with Crippen molar-refractivity contribution in [2.24, 2.45) is 0 Å². The first kappa shape index (κ1) is 11.4. The maximum atomic E-state index is 14.0. The van der Waals surface area contributed by atoms with Gasteiger partial charge in [0.05, 0.1) is 11.4 Å². The van der Waals surface area contributed by atoms with E-state index in [2.05, 4.69) is 4.98 Å². The van der Waals surface area contributed by atoms with Crippen molar-refractivity contribution in [3.8, 4) is 0 Å². The molecule has 0 aliphatic heterocycles. The van der Waals surface area contributed by atoms with Crippen LogP contribution >= 0.6 is 0 Å². The van der Waals surface area contributed by atoms with Crippen LogP contribution in [0.15, 0.2) is 24.4 Å². The Morgan fingerprint density at radius 3 is 2.82 bits per heavy atom. The van der Waals surface area contributed by atoms with Crippen LogP contribution in [0.5, 0.6) is 0 Å². The number of fused-ring (bicyclic) bond motifs is 1. The molecule has 0 aliphatic carbocycles. The van der Waals surface area contributed by atoms with E-state index >= 15 is 0 Å². The Labute approximate surface area is 95.7 Å².